The molecule has 0 radical (unpaired) electrons. The first-order chi connectivity index (χ1) is 13.4. The van der Waals surface area contributed by atoms with Crippen molar-refractivity contribution in [2.24, 2.45) is 5.92 Å². The van der Waals surface area contributed by atoms with E-state index in [4.69, 9.17) is 16.3 Å². The van der Waals surface area contributed by atoms with Gasteiger partial charge in [0.25, 0.3) is 0 Å². The maximum atomic E-state index is 13.1. The number of aromatic nitrogens is 4. The molecule has 28 heavy (non-hydrogen) atoms. The van der Waals surface area contributed by atoms with Gasteiger partial charge in [-0.3, -0.25) is 4.98 Å². The Balaban J connectivity index is 2.10. The zero-order valence-electron chi connectivity index (χ0n) is 16.6. The average Bonchev–Trinajstić information content (AvgIpc) is 2.97. The summed E-state index contributed by atoms with van der Waals surface area (Å²) in [6, 6.07) is 9.18. The highest BCUT2D eigenvalue weighted by Crippen LogP contribution is 2.27. The van der Waals surface area contributed by atoms with Crippen molar-refractivity contribution < 1.29 is 4.74 Å². The van der Waals surface area contributed by atoms with Gasteiger partial charge in [-0.05, 0) is 56.5 Å². The van der Waals surface area contributed by atoms with E-state index in [2.05, 4.69) is 23.9 Å². The van der Waals surface area contributed by atoms with Crippen molar-refractivity contribution in [1.82, 2.24) is 19.3 Å². The van der Waals surface area contributed by atoms with Crippen LogP contribution in [0.4, 0.5) is 0 Å². The first-order valence-electron chi connectivity index (χ1n) is 9.43. The number of halogens is 1. The van der Waals surface area contributed by atoms with Crippen molar-refractivity contribution in [3.63, 3.8) is 0 Å². The lowest BCUT2D eigenvalue weighted by molar-refractivity contribution is 0.242. The number of benzene rings is 1. The van der Waals surface area contributed by atoms with Crippen LogP contribution in [0.1, 0.15) is 34.1 Å². The van der Waals surface area contributed by atoms with Gasteiger partial charge in [0, 0.05) is 24.5 Å². The second-order valence-corrected chi connectivity index (χ2v) is 7.77. The summed E-state index contributed by atoms with van der Waals surface area (Å²) in [5.41, 5.74) is 1.18. The Morgan fingerprint density at radius 3 is 2.43 bits per heavy atom. The summed E-state index contributed by atoms with van der Waals surface area (Å²) in [5, 5.41) is 5.03. The van der Waals surface area contributed by atoms with E-state index in [0.717, 1.165) is 12.2 Å². The molecule has 0 N–H and O–H groups in total. The molecule has 2 heterocycles. The van der Waals surface area contributed by atoms with Crippen LogP contribution in [0.5, 0.6) is 5.75 Å². The summed E-state index contributed by atoms with van der Waals surface area (Å²) >= 11 is 6.34. The molecule has 1 aromatic carbocycles. The van der Waals surface area contributed by atoms with Gasteiger partial charge in [-0.2, -0.15) is 0 Å². The van der Waals surface area contributed by atoms with Crippen molar-refractivity contribution >= 4 is 11.6 Å². The SMILES string of the molecule is CC(C)CCn1nc(-c2ccncc2Cl)n(-c2ccc(OC(C)C)cc2)c1=O. The highest BCUT2D eigenvalue weighted by molar-refractivity contribution is 6.33. The van der Waals surface area contributed by atoms with E-state index in [-0.39, 0.29) is 11.8 Å². The molecule has 148 valence electrons. The highest BCUT2D eigenvalue weighted by atomic mass is 35.5. The van der Waals surface area contributed by atoms with Gasteiger partial charge in [0.15, 0.2) is 5.82 Å². The second-order valence-electron chi connectivity index (χ2n) is 7.36. The molecule has 0 atom stereocenters. The summed E-state index contributed by atoms with van der Waals surface area (Å²) in [5.74, 6) is 1.72. The quantitative estimate of drug-likeness (QED) is 0.582. The molecule has 0 spiro atoms. The number of nitrogens with zero attached hydrogens (tertiary/aromatic N) is 4. The van der Waals surface area contributed by atoms with Crippen molar-refractivity contribution in [2.45, 2.75) is 46.8 Å². The van der Waals surface area contributed by atoms with Gasteiger partial charge in [0.05, 0.1) is 16.8 Å². The molecule has 3 aromatic rings. The van der Waals surface area contributed by atoms with Crippen molar-refractivity contribution in [3.05, 3.63) is 58.2 Å². The van der Waals surface area contributed by atoms with E-state index >= 15 is 0 Å². The number of ether oxygens (including phenoxy) is 1. The third kappa shape index (κ3) is 4.44. The highest BCUT2D eigenvalue weighted by Gasteiger charge is 2.19. The van der Waals surface area contributed by atoms with E-state index in [9.17, 15) is 4.79 Å². The molecular weight excluding hydrogens is 376 g/mol. The van der Waals surface area contributed by atoms with E-state index in [1.807, 2.05) is 38.1 Å². The number of rotatable bonds is 7. The Kier molecular flexibility index (Phi) is 6.19. The fourth-order valence-electron chi connectivity index (χ4n) is 2.84. The first-order valence-corrected chi connectivity index (χ1v) is 9.81. The third-order valence-corrected chi connectivity index (χ3v) is 4.54. The van der Waals surface area contributed by atoms with E-state index in [0.29, 0.717) is 34.6 Å². The molecule has 0 aliphatic rings. The summed E-state index contributed by atoms with van der Waals surface area (Å²) in [6.07, 6.45) is 4.14. The van der Waals surface area contributed by atoms with Crippen LogP contribution in [0.2, 0.25) is 5.02 Å². The maximum absolute atomic E-state index is 13.1. The number of hydrogen-bond acceptors (Lipinski definition) is 4. The van der Waals surface area contributed by atoms with Crippen LogP contribution >= 0.6 is 11.6 Å². The average molecular weight is 401 g/mol. The zero-order chi connectivity index (χ0) is 20.3. The standard InChI is InChI=1S/C21H25ClN4O2/c1-14(2)10-12-25-21(27)26(16-5-7-17(8-6-16)28-15(3)4)20(24-25)18-9-11-23-13-19(18)22/h5-9,11,13-15H,10,12H2,1-4H3. The summed E-state index contributed by atoms with van der Waals surface area (Å²) < 4.78 is 8.79. The lowest BCUT2D eigenvalue weighted by Gasteiger charge is -2.11. The molecule has 3 rings (SSSR count). The Bertz CT molecular complexity index is 990. The van der Waals surface area contributed by atoms with Crippen LogP contribution < -0.4 is 10.4 Å². The van der Waals surface area contributed by atoms with E-state index < -0.39 is 0 Å². The molecule has 0 aliphatic heterocycles. The number of aryl methyl sites for hydroxylation is 1. The predicted molar refractivity (Wildman–Crippen MR) is 111 cm³/mol. The number of pyridine rings is 1. The van der Waals surface area contributed by atoms with Crippen LogP contribution in [-0.2, 0) is 6.54 Å². The lowest BCUT2D eigenvalue weighted by atomic mass is 10.1. The molecule has 0 saturated heterocycles. The topological polar surface area (TPSA) is 61.9 Å². The monoisotopic (exact) mass is 400 g/mol. The van der Waals surface area contributed by atoms with Crippen LogP contribution in [0.3, 0.4) is 0 Å². The minimum atomic E-state index is -0.193. The summed E-state index contributed by atoms with van der Waals surface area (Å²) in [7, 11) is 0. The predicted octanol–water partition coefficient (Wildman–Crippen LogP) is 4.58. The van der Waals surface area contributed by atoms with E-state index in [1.54, 1.807) is 23.0 Å². The molecule has 0 amide bonds. The Labute approximate surface area is 169 Å². The molecule has 2 aromatic heterocycles. The summed E-state index contributed by atoms with van der Waals surface area (Å²) in [4.78, 5) is 17.2. The Morgan fingerprint density at radius 2 is 1.82 bits per heavy atom. The van der Waals surface area contributed by atoms with Gasteiger partial charge in [0.1, 0.15) is 5.75 Å². The molecule has 7 heteroatoms. The van der Waals surface area contributed by atoms with Crippen LogP contribution in [-0.4, -0.2) is 25.4 Å². The van der Waals surface area contributed by atoms with Crippen LogP contribution in [0, 0.1) is 5.92 Å². The minimum absolute atomic E-state index is 0.0820. The van der Waals surface area contributed by atoms with Gasteiger partial charge in [-0.25, -0.2) is 14.0 Å². The van der Waals surface area contributed by atoms with Gasteiger partial charge in [0.2, 0.25) is 0 Å². The van der Waals surface area contributed by atoms with Crippen molar-refractivity contribution in [1.29, 1.82) is 0 Å². The first kappa shape index (κ1) is 20.1. The van der Waals surface area contributed by atoms with Gasteiger partial charge >= 0.3 is 5.69 Å². The van der Waals surface area contributed by atoms with Crippen molar-refractivity contribution in [2.75, 3.05) is 0 Å². The third-order valence-electron chi connectivity index (χ3n) is 4.24. The normalized spacial score (nSPS) is 11.4. The summed E-state index contributed by atoms with van der Waals surface area (Å²) in [6.45, 7) is 8.74. The van der Waals surface area contributed by atoms with Crippen LogP contribution in [0.25, 0.3) is 17.1 Å². The number of hydrogen-bond donors (Lipinski definition) is 0. The van der Waals surface area contributed by atoms with E-state index in [1.165, 1.54) is 4.68 Å². The Hall–Kier alpha value is -2.60. The molecule has 6 nitrogen and oxygen atoms in total. The van der Waals surface area contributed by atoms with Gasteiger partial charge < -0.3 is 4.74 Å². The lowest BCUT2D eigenvalue weighted by Crippen LogP contribution is -2.24. The fraction of sp³-hybridized carbons (Fsp3) is 0.381. The van der Waals surface area contributed by atoms with Gasteiger partial charge in [-0.1, -0.05) is 25.4 Å². The molecule has 0 bridgehead atoms. The van der Waals surface area contributed by atoms with Gasteiger partial charge in [-0.15, -0.1) is 5.10 Å². The smallest absolute Gasteiger partial charge is 0.350 e. The Morgan fingerprint density at radius 1 is 1.11 bits per heavy atom. The molecule has 0 saturated carbocycles. The molecular formula is C21H25ClN4O2. The maximum Gasteiger partial charge on any atom is 0.350 e. The molecule has 0 aliphatic carbocycles. The van der Waals surface area contributed by atoms with Crippen LogP contribution in [0.15, 0.2) is 47.5 Å². The largest absolute Gasteiger partial charge is 0.491 e. The minimum Gasteiger partial charge on any atom is -0.491 e. The van der Waals surface area contributed by atoms with Crippen molar-refractivity contribution in [3.8, 4) is 22.8 Å². The second kappa shape index (κ2) is 8.61. The zero-order valence-corrected chi connectivity index (χ0v) is 17.3. The molecule has 0 fully saturated rings. The molecule has 0 unspecified atom stereocenters. The fourth-order valence-corrected chi connectivity index (χ4v) is 3.05.